The Hall–Kier alpha value is -1.38. The lowest BCUT2D eigenvalue weighted by Crippen LogP contribution is -2.26. The van der Waals surface area contributed by atoms with Crippen LogP contribution in [0.25, 0.3) is 0 Å². The summed E-state index contributed by atoms with van der Waals surface area (Å²) in [6.45, 7) is 0. The molecule has 1 N–H and O–H groups in total. The van der Waals surface area contributed by atoms with E-state index in [-0.39, 0.29) is 0 Å². The average Bonchev–Trinajstić information content (AvgIpc) is 2.14. The average molecular weight is 210 g/mol. The number of benzene rings is 1. The van der Waals surface area contributed by atoms with Gasteiger partial charge in [0.25, 0.3) is 0 Å². The summed E-state index contributed by atoms with van der Waals surface area (Å²) in [7, 11) is -3.36. The summed E-state index contributed by atoms with van der Waals surface area (Å²) in [6.07, 6.45) is 1.03. The topological polar surface area (TPSA) is 70.0 Å². The predicted octanol–water partition coefficient (Wildman–Crippen LogP) is 0.800. The van der Waals surface area contributed by atoms with Gasteiger partial charge in [-0.1, -0.05) is 30.3 Å². The van der Waals surface area contributed by atoms with Crippen LogP contribution in [0.4, 0.5) is 0 Å². The Balaban J connectivity index is 2.91. The van der Waals surface area contributed by atoms with Crippen LogP contribution in [-0.4, -0.2) is 14.7 Å². The lowest BCUT2D eigenvalue weighted by Gasteiger charge is -2.09. The van der Waals surface area contributed by atoms with Gasteiger partial charge in [-0.2, -0.15) is 9.98 Å². The van der Waals surface area contributed by atoms with Gasteiger partial charge in [-0.15, -0.1) is 0 Å². The van der Waals surface area contributed by atoms with Crippen molar-refractivity contribution in [2.24, 2.45) is 0 Å². The zero-order chi connectivity index (χ0) is 10.6. The first-order valence-electron chi connectivity index (χ1n) is 3.95. The molecule has 0 saturated heterocycles. The van der Waals surface area contributed by atoms with E-state index in [0.29, 0.717) is 5.56 Å². The van der Waals surface area contributed by atoms with Crippen LogP contribution in [0, 0.1) is 11.3 Å². The maximum absolute atomic E-state index is 10.9. The van der Waals surface area contributed by atoms with Gasteiger partial charge in [-0.05, 0) is 5.56 Å². The van der Waals surface area contributed by atoms with Crippen molar-refractivity contribution in [3.05, 3.63) is 35.9 Å². The molecule has 0 bridgehead atoms. The second-order valence-electron chi connectivity index (χ2n) is 2.86. The number of hydrogen-bond donors (Lipinski definition) is 1. The normalized spacial score (nSPS) is 13.1. The maximum atomic E-state index is 10.9. The van der Waals surface area contributed by atoms with E-state index in [1.807, 2.05) is 6.07 Å². The molecule has 1 unspecified atom stereocenters. The SMILES string of the molecule is CS(=O)(=O)NC(C#N)c1ccccc1. The fourth-order valence-electron chi connectivity index (χ4n) is 1.03. The minimum Gasteiger partial charge on any atom is -0.213 e. The summed E-state index contributed by atoms with van der Waals surface area (Å²) >= 11 is 0. The van der Waals surface area contributed by atoms with Gasteiger partial charge in [0, 0.05) is 0 Å². The smallest absolute Gasteiger partial charge is 0.210 e. The van der Waals surface area contributed by atoms with Crippen molar-refractivity contribution in [2.45, 2.75) is 6.04 Å². The van der Waals surface area contributed by atoms with Crippen LogP contribution < -0.4 is 4.72 Å². The Morgan fingerprint density at radius 3 is 2.36 bits per heavy atom. The largest absolute Gasteiger partial charge is 0.213 e. The van der Waals surface area contributed by atoms with E-state index in [2.05, 4.69) is 4.72 Å². The molecule has 0 saturated carbocycles. The fraction of sp³-hybridized carbons (Fsp3) is 0.222. The summed E-state index contributed by atoms with van der Waals surface area (Å²) in [4.78, 5) is 0. The summed E-state index contributed by atoms with van der Waals surface area (Å²) in [6, 6.07) is 9.78. The van der Waals surface area contributed by atoms with Gasteiger partial charge in [0.05, 0.1) is 12.3 Å². The molecular formula is C9H10N2O2S. The quantitative estimate of drug-likeness (QED) is 0.802. The molecule has 5 heteroatoms. The van der Waals surface area contributed by atoms with Gasteiger partial charge >= 0.3 is 0 Å². The van der Waals surface area contributed by atoms with Crippen LogP contribution in [0.15, 0.2) is 30.3 Å². The van der Waals surface area contributed by atoms with Gasteiger partial charge in [0.15, 0.2) is 0 Å². The number of nitrogens with zero attached hydrogens (tertiary/aromatic N) is 1. The first kappa shape index (κ1) is 10.7. The molecule has 14 heavy (non-hydrogen) atoms. The van der Waals surface area contributed by atoms with E-state index in [4.69, 9.17) is 5.26 Å². The van der Waals surface area contributed by atoms with Crippen LogP contribution in [0.1, 0.15) is 11.6 Å². The highest BCUT2D eigenvalue weighted by Gasteiger charge is 2.14. The third-order valence-corrected chi connectivity index (χ3v) is 2.26. The Labute approximate surface area is 83.2 Å². The summed E-state index contributed by atoms with van der Waals surface area (Å²) in [5, 5.41) is 8.77. The molecule has 1 aromatic carbocycles. The zero-order valence-electron chi connectivity index (χ0n) is 7.64. The highest BCUT2D eigenvalue weighted by molar-refractivity contribution is 7.88. The first-order chi connectivity index (χ1) is 6.53. The number of nitriles is 1. The molecule has 0 radical (unpaired) electrons. The van der Waals surface area contributed by atoms with Crippen molar-refractivity contribution in [3.8, 4) is 6.07 Å². The number of sulfonamides is 1. The molecule has 0 aliphatic rings. The lowest BCUT2D eigenvalue weighted by atomic mass is 10.1. The second-order valence-corrected chi connectivity index (χ2v) is 4.64. The molecule has 0 fully saturated rings. The Bertz CT molecular complexity index is 434. The molecule has 0 spiro atoms. The number of hydrogen-bond acceptors (Lipinski definition) is 3. The van der Waals surface area contributed by atoms with E-state index in [1.165, 1.54) is 0 Å². The summed E-state index contributed by atoms with van der Waals surface area (Å²) < 4.78 is 24.1. The Kier molecular flexibility index (Phi) is 3.23. The molecule has 0 heterocycles. The molecule has 0 aromatic heterocycles. The number of rotatable bonds is 3. The van der Waals surface area contributed by atoms with E-state index in [9.17, 15) is 8.42 Å². The predicted molar refractivity (Wildman–Crippen MR) is 52.8 cm³/mol. The van der Waals surface area contributed by atoms with E-state index < -0.39 is 16.1 Å². The standard InChI is InChI=1S/C9H10N2O2S/c1-14(12,13)11-9(7-10)8-5-3-2-4-6-8/h2-6,9,11H,1H3. The minimum atomic E-state index is -3.36. The lowest BCUT2D eigenvalue weighted by molar-refractivity contribution is 0.582. The highest BCUT2D eigenvalue weighted by atomic mass is 32.2. The summed E-state index contributed by atoms with van der Waals surface area (Å²) in [5.74, 6) is 0. The third kappa shape index (κ3) is 3.17. The molecule has 74 valence electrons. The van der Waals surface area contributed by atoms with Crippen LogP contribution in [0.3, 0.4) is 0 Å². The minimum absolute atomic E-state index is 0.639. The van der Waals surface area contributed by atoms with Crippen molar-refractivity contribution < 1.29 is 8.42 Å². The van der Waals surface area contributed by atoms with Gasteiger partial charge in [-0.3, -0.25) is 0 Å². The van der Waals surface area contributed by atoms with Crippen LogP contribution in [0.5, 0.6) is 0 Å². The van der Waals surface area contributed by atoms with Crippen molar-refractivity contribution >= 4 is 10.0 Å². The van der Waals surface area contributed by atoms with Gasteiger partial charge in [-0.25, -0.2) is 8.42 Å². The van der Waals surface area contributed by atoms with Crippen molar-refractivity contribution in [1.82, 2.24) is 4.72 Å². The molecule has 0 amide bonds. The maximum Gasteiger partial charge on any atom is 0.210 e. The van der Waals surface area contributed by atoms with E-state index in [0.717, 1.165) is 6.26 Å². The van der Waals surface area contributed by atoms with Crippen molar-refractivity contribution in [3.63, 3.8) is 0 Å². The first-order valence-corrected chi connectivity index (χ1v) is 5.84. The monoisotopic (exact) mass is 210 g/mol. The Morgan fingerprint density at radius 2 is 1.93 bits per heavy atom. The van der Waals surface area contributed by atoms with Gasteiger partial charge in [0.1, 0.15) is 6.04 Å². The highest BCUT2D eigenvalue weighted by Crippen LogP contribution is 2.11. The Morgan fingerprint density at radius 1 is 1.36 bits per heavy atom. The van der Waals surface area contributed by atoms with E-state index in [1.54, 1.807) is 30.3 Å². The number of nitrogens with one attached hydrogen (secondary N) is 1. The van der Waals surface area contributed by atoms with Gasteiger partial charge < -0.3 is 0 Å². The molecule has 1 rings (SSSR count). The molecule has 0 aliphatic carbocycles. The molecule has 1 atom stereocenters. The fourth-order valence-corrected chi connectivity index (χ4v) is 1.65. The summed E-state index contributed by atoms with van der Waals surface area (Å²) in [5.41, 5.74) is 0.639. The molecule has 0 aliphatic heterocycles. The van der Waals surface area contributed by atoms with Crippen LogP contribution in [-0.2, 0) is 10.0 Å². The van der Waals surface area contributed by atoms with Crippen LogP contribution in [0.2, 0.25) is 0 Å². The van der Waals surface area contributed by atoms with Crippen molar-refractivity contribution in [2.75, 3.05) is 6.26 Å². The molecule has 4 nitrogen and oxygen atoms in total. The third-order valence-electron chi connectivity index (χ3n) is 1.59. The van der Waals surface area contributed by atoms with Gasteiger partial charge in [0.2, 0.25) is 10.0 Å². The molecule has 1 aromatic rings. The van der Waals surface area contributed by atoms with Crippen molar-refractivity contribution in [1.29, 1.82) is 5.26 Å². The second kappa shape index (κ2) is 4.22. The van der Waals surface area contributed by atoms with E-state index >= 15 is 0 Å². The molecular weight excluding hydrogens is 200 g/mol. The zero-order valence-corrected chi connectivity index (χ0v) is 8.45. The van der Waals surface area contributed by atoms with Crippen LogP contribution >= 0.6 is 0 Å².